The Morgan fingerprint density at radius 2 is 1.09 bits per heavy atom. The molecular formula is C25H25Cl4FeN3. The van der Waals surface area contributed by atoms with E-state index in [-0.39, 0.29) is 13.1 Å². The fourth-order valence-corrected chi connectivity index (χ4v) is 4.11. The molecule has 0 saturated carbocycles. The van der Waals surface area contributed by atoms with E-state index in [1.54, 1.807) is 0 Å². The summed E-state index contributed by atoms with van der Waals surface area (Å²) in [6, 6.07) is 13.8. The fraction of sp³-hybridized carbons (Fsp3) is 0.240. The number of hydrogen-bond donors (Lipinski definition) is 0. The van der Waals surface area contributed by atoms with Gasteiger partial charge < -0.3 is 0 Å². The van der Waals surface area contributed by atoms with Crippen molar-refractivity contribution in [2.45, 2.75) is 41.5 Å². The first-order valence-corrected chi connectivity index (χ1v) is 13.8. The molecule has 0 saturated heterocycles. The van der Waals surface area contributed by atoms with Crippen LogP contribution < -0.4 is 0 Å². The molecule has 0 radical (unpaired) electrons. The summed E-state index contributed by atoms with van der Waals surface area (Å²) in [5.41, 5.74) is 9.02. The number of aryl methyl sites for hydroxylation is 4. The van der Waals surface area contributed by atoms with Crippen molar-refractivity contribution in [1.29, 1.82) is 0 Å². The molecule has 0 N–H and O–H groups in total. The molecule has 0 atom stereocenters. The minimum atomic E-state index is 0.194. The third-order valence-corrected chi connectivity index (χ3v) is 5.42. The molecule has 0 amide bonds. The summed E-state index contributed by atoms with van der Waals surface area (Å²) in [5.74, 6) is 0. The van der Waals surface area contributed by atoms with Crippen molar-refractivity contribution < 1.29 is 13.1 Å². The van der Waals surface area contributed by atoms with Crippen LogP contribution in [0, 0.1) is 27.7 Å². The van der Waals surface area contributed by atoms with E-state index in [2.05, 4.69) is 12.1 Å². The first-order valence-electron chi connectivity index (χ1n) is 10.0. The summed E-state index contributed by atoms with van der Waals surface area (Å²) < 4.78 is 0. The van der Waals surface area contributed by atoms with Gasteiger partial charge in [-0.25, -0.2) is 15.0 Å². The van der Waals surface area contributed by atoms with E-state index < -0.39 is 0 Å². The molecule has 2 aromatic carbocycles. The maximum atomic E-state index is 6.42. The molecule has 33 heavy (non-hydrogen) atoms. The zero-order chi connectivity index (χ0) is 24.7. The van der Waals surface area contributed by atoms with Crippen LogP contribution in [0.2, 0.25) is 10.0 Å². The van der Waals surface area contributed by atoms with Crippen molar-refractivity contribution in [2.24, 2.45) is 9.98 Å². The molecule has 0 aliphatic heterocycles. The van der Waals surface area contributed by atoms with Gasteiger partial charge >= 0.3 is 33.3 Å². The number of aromatic nitrogens is 1. The molecule has 176 valence electrons. The fourth-order valence-electron chi connectivity index (χ4n) is 3.39. The van der Waals surface area contributed by atoms with Crippen LogP contribution in [0.3, 0.4) is 0 Å². The van der Waals surface area contributed by atoms with Gasteiger partial charge in [0.25, 0.3) is 0 Å². The first kappa shape index (κ1) is 27.9. The normalized spacial score (nSPS) is 11.9. The van der Waals surface area contributed by atoms with Crippen LogP contribution in [-0.2, 0) is 13.1 Å². The predicted octanol–water partition coefficient (Wildman–Crippen LogP) is 9.28. The Balaban J connectivity index is 0.00000122. The number of nitrogens with zero attached hydrogens (tertiary/aromatic N) is 3. The Hall–Kier alpha value is -1.39. The minimum absolute atomic E-state index is 0.194. The van der Waals surface area contributed by atoms with Crippen LogP contribution in [-0.4, -0.2) is 16.4 Å². The van der Waals surface area contributed by atoms with Gasteiger partial charge in [0.15, 0.2) is 0 Å². The Morgan fingerprint density at radius 1 is 0.727 bits per heavy atom. The SMILES string of the molecule is CC(=Nc1c(C)cc(C)cc1Cl)c1cccc(C(C)=Nc2c(C)cc(C)cc2Cl)n1.[Cl][Fe][Cl]. The third kappa shape index (κ3) is 7.82. The van der Waals surface area contributed by atoms with Crippen LogP contribution in [0.15, 0.2) is 52.4 Å². The van der Waals surface area contributed by atoms with Crippen molar-refractivity contribution in [2.75, 3.05) is 0 Å². The van der Waals surface area contributed by atoms with Gasteiger partial charge in [0.05, 0.1) is 44.2 Å². The summed E-state index contributed by atoms with van der Waals surface area (Å²) in [7, 11) is 9.53. The number of halogens is 4. The third-order valence-electron chi connectivity index (χ3n) is 4.85. The van der Waals surface area contributed by atoms with Gasteiger partial charge in [-0.1, -0.05) is 41.4 Å². The standard InChI is InChI=1S/C25H25Cl2N3.2ClH.Fe/c1-14-10-16(3)24(20(26)12-14)28-18(5)22-8-7-9-23(30-22)19(6)29-25-17(4)11-15(2)13-21(25)27;;;/h7-13H,1-6H3;2*1H;/q;;;+2/p-2. The summed E-state index contributed by atoms with van der Waals surface area (Å²) in [4.78, 5) is 14.3. The number of hydrogen-bond acceptors (Lipinski definition) is 3. The van der Waals surface area contributed by atoms with Crippen molar-refractivity contribution in [3.63, 3.8) is 0 Å². The zero-order valence-corrected chi connectivity index (χ0v) is 23.4. The van der Waals surface area contributed by atoms with Crippen LogP contribution in [0.5, 0.6) is 0 Å². The zero-order valence-electron chi connectivity index (χ0n) is 19.2. The van der Waals surface area contributed by atoms with Crippen molar-refractivity contribution >= 4 is 66.2 Å². The van der Waals surface area contributed by atoms with E-state index in [0.717, 1.165) is 56.4 Å². The first-order chi connectivity index (χ1) is 15.6. The van der Waals surface area contributed by atoms with E-state index in [1.165, 1.54) is 0 Å². The van der Waals surface area contributed by atoms with E-state index in [4.69, 9.17) is 58.4 Å². The van der Waals surface area contributed by atoms with E-state index in [9.17, 15) is 0 Å². The van der Waals surface area contributed by atoms with Crippen LogP contribution in [0.25, 0.3) is 0 Å². The molecule has 0 aliphatic rings. The number of aliphatic imine (C=N–C) groups is 2. The summed E-state index contributed by atoms with van der Waals surface area (Å²) in [6.07, 6.45) is 0. The predicted molar refractivity (Wildman–Crippen MR) is 142 cm³/mol. The van der Waals surface area contributed by atoms with E-state index in [1.807, 2.05) is 71.9 Å². The molecule has 8 heteroatoms. The molecule has 0 aliphatic carbocycles. The molecule has 0 bridgehead atoms. The average Bonchev–Trinajstić information content (AvgIpc) is 2.73. The number of rotatable bonds is 4. The number of benzene rings is 2. The van der Waals surface area contributed by atoms with Crippen LogP contribution in [0.4, 0.5) is 11.4 Å². The quantitative estimate of drug-likeness (QED) is 0.230. The molecule has 0 spiro atoms. The Morgan fingerprint density at radius 3 is 1.42 bits per heavy atom. The van der Waals surface area contributed by atoms with Crippen molar-refractivity contribution in [3.05, 3.63) is 86.2 Å². The Bertz CT molecular complexity index is 1070. The molecule has 3 rings (SSSR count). The topological polar surface area (TPSA) is 37.6 Å². The van der Waals surface area contributed by atoms with Gasteiger partial charge in [-0.05, 0) is 88.1 Å². The molecule has 0 unspecified atom stereocenters. The number of pyridine rings is 1. The van der Waals surface area contributed by atoms with Gasteiger partial charge in [0.1, 0.15) is 0 Å². The Labute approximate surface area is 220 Å². The molecular weight excluding hydrogens is 540 g/mol. The molecule has 3 aromatic rings. The monoisotopic (exact) mass is 563 g/mol. The van der Waals surface area contributed by atoms with Crippen LogP contribution >= 0.6 is 43.4 Å². The van der Waals surface area contributed by atoms with Crippen LogP contribution in [0.1, 0.15) is 47.5 Å². The molecule has 3 nitrogen and oxygen atoms in total. The molecule has 1 aromatic heterocycles. The summed E-state index contributed by atoms with van der Waals surface area (Å²) in [6.45, 7) is 12.0. The van der Waals surface area contributed by atoms with Gasteiger partial charge in [-0.15, -0.1) is 0 Å². The average molecular weight is 565 g/mol. The van der Waals surface area contributed by atoms with Gasteiger partial charge in [-0.3, -0.25) is 0 Å². The molecule has 0 fully saturated rings. The summed E-state index contributed by atoms with van der Waals surface area (Å²) >= 11 is 13.0. The van der Waals surface area contributed by atoms with Gasteiger partial charge in [0, 0.05) is 0 Å². The Kier molecular flexibility index (Phi) is 10.9. The van der Waals surface area contributed by atoms with Crippen molar-refractivity contribution in [3.8, 4) is 0 Å². The summed E-state index contributed by atoms with van der Waals surface area (Å²) in [5, 5.41) is 1.29. The second-order valence-corrected chi connectivity index (χ2v) is 10.3. The second-order valence-electron chi connectivity index (χ2n) is 7.68. The van der Waals surface area contributed by atoms with E-state index in [0.29, 0.717) is 10.0 Å². The second kappa shape index (κ2) is 12.9. The van der Waals surface area contributed by atoms with Gasteiger partial charge in [-0.2, -0.15) is 0 Å². The van der Waals surface area contributed by atoms with Crippen molar-refractivity contribution in [1.82, 2.24) is 4.98 Å². The van der Waals surface area contributed by atoms with Gasteiger partial charge in [0.2, 0.25) is 0 Å². The van der Waals surface area contributed by atoms with E-state index >= 15 is 0 Å². The maximum absolute atomic E-state index is 6.42. The molecule has 1 heterocycles.